The van der Waals surface area contributed by atoms with Crippen molar-refractivity contribution in [1.29, 1.82) is 0 Å². The van der Waals surface area contributed by atoms with E-state index in [9.17, 15) is 0 Å². The molecule has 45 heavy (non-hydrogen) atoms. The number of hydrogen-bond donors (Lipinski definition) is 0. The van der Waals surface area contributed by atoms with E-state index in [1.54, 1.807) is 6.08 Å². The predicted molar refractivity (Wildman–Crippen MR) is 189 cm³/mol. The molecule has 216 valence electrons. The van der Waals surface area contributed by atoms with Gasteiger partial charge in [0, 0.05) is 44.2 Å². The first-order valence-electron chi connectivity index (χ1n) is 15.2. The third-order valence-corrected chi connectivity index (χ3v) is 8.86. The molecule has 8 aromatic rings. The highest BCUT2D eigenvalue weighted by Gasteiger charge is 2.20. The molecule has 0 spiro atoms. The number of hydrogen-bond acceptors (Lipinski definition) is 3. The van der Waals surface area contributed by atoms with E-state index in [2.05, 4.69) is 141 Å². The molecular weight excluding hydrogens is 550 g/mol. The Morgan fingerprint density at radius 3 is 1.89 bits per heavy atom. The van der Waals surface area contributed by atoms with Crippen molar-refractivity contribution in [3.63, 3.8) is 0 Å². The van der Waals surface area contributed by atoms with Crippen LogP contribution in [0.2, 0.25) is 0 Å². The Hall–Kier alpha value is -5.80. The summed E-state index contributed by atoms with van der Waals surface area (Å²) in [6, 6.07) is 46.9. The maximum atomic E-state index is 6.42. The van der Waals surface area contributed by atoms with Crippen molar-refractivity contribution in [1.82, 2.24) is 0 Å². The third-order valence-electron chi connectivity index (χ3n) is 8.86. The molecular formula is C42H31NO2. The number of para-hydroxylation sites is 2. The molecule has 0 bridgehead atoms. The molecule has 0 aliphatic carbocycles. The SMILES string of the molecule is C=Cc1oc2c(-c3ccc(N(c4ccc(-c5ccccc5)cc4)c4ccc5c(oc6ccccc65)c4C)cc3)cccc2c1C. The lowest BCUT2D eigenvalue weighted by molar-refractivity contribution is 0.602. The Kier molecular flexibility index (Phi) is 6.39. The maximum Gasteiger partial charge on any atom is 0.142 e. The molecule has 2 heterocycles. The molecule has 0 atom stereocenters. The molecule has 3 heteroatoms. The van der Waals surface area contributed by atoms with Gasteiger partial charge in [-0.25, -0.2) is 0 Å². The van der Waals surface area contributed by atoms with Crippen LogP contribution in [0.3, 0.4) is 0 Å². The molecule has 3 nitrogen and oxygen atoms in total. The molecule has 0 radical (unpaired) electrons. The second-order valence-corrected chi connectivity index (χ2v) is 11.5. The van der Waals surface area contributed by atoms with Gasteiger partial charge in [-0.3, -0.25) is 0 Å². The molecule has 2 aromatic heterocycles. The highest BCUT2D eigenvalue weighted by atomic mass is 16.3. The van der Waals surface area contributed by atoms with Crippen LogP contribution < -0.4 is 4.90 Å². The van der Waals surface area contributed by atoms with Crippen molar-refractivity contribution < 1.29 is 8.83 Å². The van der Waals surface area contributed by atoms with E-state index in [1.165, 1.54) is 11.1 Å². The van der Waals surface area contributed by atoms with E-state index in [1.807, 2.05) is 18.2 Å². The highest BCUT2D eigenvalue weighted by molar-refractivity contribution is 6.07. The maximum absolute atomic E-state index is 6.42. The lowest BCUT2D eigenvalue weighted by atomic mass is 10.0. The Morgan fingerprint density at radius 2 is 1.16 bits per heavy atom. The Balaban J connectivity index is 1.27. The van der Waals surface area contributed by atoms with Gasteiger partial charge < -0.3 is 13.7 Å². The number of aryl methyl sites for hydroxylation is 2. The average molecular weight is 582 g/mol. The first kappa shape index (κ1) is 26.8. The second-order valence-electron chi connectivity index (χ2n) is 11.5. The summed E-state index contributed by atoms with van der Waals surface area (Å²) in [7, 11) is 0. The topological polar surface area (TPSA) is 29.5 Å². The summed E-state index contributed by atoms with van der Waals surface area (Å²) in [4.78, 5) is 2.31. The fourth-order valence-electron chi connectivity index (χ4n) is 6.49. The fraction of sp³-hybridized carbons (Fsp3) is 0.0476. The van der Waals surface area contributed by atoms with Crippen molar-refractivity contribution in [2.24, 2.45) is 0 Å². The predicted octanol–water partition coefficient (Wildman–Crippen LogP) is 12.4. The van der Waals surface area contributed by atoms with Crippen molar-refractivity contribution in [3.8, 4) is 22.3 Å². The minimum atomic E-state index is 0.815. The molecule has 0 saturated carbocycles. The molecule has 0 N–H and O–H groups in total. The first-order valence-corrected chi connectivity index (χ1v) is 15.2. The van der Waals surface area contributed by atoms with E-state index in [4.69, 9.17) is 8.83 Å². The number of anilines is 3. The van der Waals surface area contributed by atoms with Crippen LogP contribution in [-0.4, -0.2) is 0 Å². The number of fused-ring (bicyclic) bond motifs is 4. The number of benzene rings is 6. The molecule has 0 unspecified atom stereocenters. The summed E-state index contributed by atoms with van der Waals surface area (Å²) in [6.07, 6.45) is 1.78. The zero-order chi connectivity index (χ0) is 30.5. The minimum Gasteiger partial charge on any atom is -0.456 e. The normalized spacial score (nSPS) is 11.4. The Labute approximate surface area is 262 Å². The van der Waals surface area contributed by atoms with Gasteiger partial charge in [0.1, 0.15) is 22.5 Å². The lowest BCUT2D eigenvalue weighted by Crippen LogP contribution is -2.11. The largest absolute Gasteiger partial charge is 0.456 e. The molecule has 0 aliphatic heterocycles. The van der Waals surface area contributed by atoms with Crippen molar-refractivity contribution in [2.75, 3.05) is 4.90 Å². The zero-order valence-corrected chi connectivity index (χ0v) is 25.2. The minimum absolute atomic E-state index is 0.815. The van der Waals surface area contributed by atoms with Gasteiger partial charge in [0.05, 0.1) is 5.69 Å². The van der Waals surface area contributed by atoms with E-state index in [0.717, 1.165) is 78.0 Å². The van der Waals surface area contributed by atoms with E-state index < -0.39 is 0 Å². The average Bonchev–Trinajstić information content (AvgIpc) is 3.65. The summed E-state index contributed by atoms with van der Waals surface area (Å²) in [5.74, 6) is 0.815. The Bertz CT molecular complexity index is 2340. The van der Waals surface area contributed by atoms with Crippen LogP contribution in [0.5, 0.6) is 0 Å². The van der Waals surface area contributed by atoms with Gasteiger partial charge in [-0.05, 0) is 79.1 Å². The summed E-state index contributed by atoms with van der Waals surface area (Å²) in [5.41, 5.74) is 12.6. The summed E-state index contributed by atoms with van der Waals surface area (Å²) >= 11 is 0. The smallest absolute Gasteiger partial charge is 0.142 e. The molecule has 8 rings (SSSR count). The van der Waals surface area contributed by atoms with Gasteiger partial charge in [0.25, 0.3) is 0 Å². The van der Waals surface area contributed by atoms with Crippen LogP contribution in [0.15, 0.2) is 149 Å². The van der Waals surface area contributed by atoms with Gasteiger partial charge in [0.15, 0.2) is 0 Å². The van der Waals surface area contributed by atoms with E-state index in [-0.39, 0.29) is 0 Å². The quantitative estimate of drug-likeness (QED) is 0.196. The van der Waals surface area contributed by atoms with Crippen molar-refractivity contribution >= 4 is 56.0 Å². The highest BCUT2D eigenvalue weighted by Crippen LogP contribution is 2.43. The van der Waals surface area contributed by atoms with Crippen LogP contribution in [0.4, 0.5) is 17.1 Å². The molecule has 0 amide bonds. The summed E-state index contributed by atoms with van der Waals surface area (Å²) < 4.78 is 12.7. The molecule has 6 aromatic carbocycles. The van der Waals surface area contributed by atoms with E-state index in [0.29, 0.717) is 0 Å². The summed E-state index contributed by atoms with van der Waals surface area (Å²) in [5, 5.41) is 3.37. The second kappa shape index (κ2) is 10.7. The molecule has 0 aliphatic rings. The number of rotatable bonds is 6. The number of nitrogens with zero attached hydrogens (tertiary/aromatic N) is 1. The van der Waals surface area contributed by atoms with Gasteiger partial charge in [0.2, 0.25) is 0 Å². The van der Waals surface area contributed by atoms with Gasteiger partial charge in [-0.15, -0.1) is 0 Å². The summed E-state index contributed by atoms with van der Waals surface area (Å²) in [6.45, 7) is 8.16. The van der Waals surface area contributed by atoms with Gasteiger partial charge >= 0.3 is 0 Å². The number of furan rings is 2. The first-order chi connectivity index (χ1) is 22.1. The van der Waals surface area contributed by atoms with Crippen molar-refractivity contribution in [3.05, 3.63) is 157 Å². The monoisotopic (exact) mass is 581 g/mol. The standard InChI is InChI=1S/C42H31NO2/c1-4-39-27(2)34-14-10-15-35(42(34)44-39)31-19-23-33(24-20-31)43(32-21-17-30(18-22-32)29-11-6-5-7-12-29)38-26-25-37-36-13-8-9-16-40(36)45-41(37)28(38)3/h4-26H,1H2,2-3H3. The van der Waals surface area contributed by atoms with Crippen molar-refractivity contribution in [2.45, 2.75) is 13.8 Å². The van der Waals surface area contributed by atoms with Gasteiger partial charge in [-0.2, -0.15) is 0 Å². The van der Waals surface area contributed by atoms with Gasteiger partial charge in [-0.1, -0.05) is 97.6 Å². The van der Waals surface area contributed by atoms with Crippen LogP contribution in [0.25, 0.3) is 61.2 Å². The van der Waals surface area contributed by atoms with Crippen LogP contribution in [-0.2, 0) is 0 Å². The van der Waals surface area contributed by atoms with Crippen LogP contribution in [0, 0.1) is 13.8 Å². The van der Waals surface area contributed by atoms with Crippen LogP contribution >= 0.6 is 0 Å². The van der Waals surface area contributed by atoms with E-state index >= 15 is 0 Å². The lowest BCUT2D eigenvalue weighted by Gasteiger charge is -2.27. The molecule has 0 saturated heterocycles. The fourth-order valence-corrected chi connectivity index (χ4v) is 6.49. The van der Waals surface area contributed by atoms with Crippen LogP contribution in [0.1, 0.15) is 16.9 Å². The third kappa shape index (κ3) is 4.44. The molecule has 0 fully saturated rings. The Morgan fingerprint density at radius 1 is 0.511 bits per heavy atom. The zero-order valence-electron chi connectivity index (χ0n) is 25.2.